The van der Waals surface area contributed by atoms with Crippen LogP contribution >= 0.6 is 0 Å². The van der Waals surface area contributed by atoms with Gasteiger partial charge in [-0.2, -0.15) is 8.42 Å². The molecule has 6 nitrogen and oxygen atoms in total. The third-order valence-electron chi connectivity index (χ3n) is 0.193. The van der Waals surface area contributed by atoms with Gasteiger partial charge in [-0.3, -0.25) is 0 Å². The lowest BCUT2D eigenvalue weighted by atomic mass is 14.9. The van der Waals surface area contributed by atoms with Gasteiger partial charge in [0.15, 0.2) is 0 Å². The maximum absolute atomic E-state index is 9.49. The van der Waals surface area contributed by atoms with Crippen molar-refractivity contribution in [1.29, 1.82) is 0 Å². The SMILES string of the molecule is O=S(=O)(OO)O[OH2+]. The highest BCUT2D eigenvalue weighted by molar-refractivity contribution is 7.81. The van der Waals surface area contributed by atoms with E-state index in [0.717, 1.165) is 0 Å². The lowest BCUT2D eigenvalue weighted by Gasteiger charge is -1.82. The molecule has 0 atom stereocenters. The van der Waals surface area contributed by atoms with Crippen molar-refractivity contribution >= 4 is 10.4 Å². The Morgan fingerprint density at radius 1 is 1.57 bits per heavy atom. The molecule has 0 fully saturated rings. The Hall–Kier alpha value is -0.210. The summed E-state index contributed by atoms with van der Waals surface area (Å²) >= 11 is 0. The Morgan fingerprint density at radius 3 is 2.00 bits per heavy atom. The largest absolute Gasteiger partial charge is 0.490 e. The average Bonchev–Trinajstić information content (AvgIpc) is 1.68. The standard InChI is InChI=1S/H2O6S/c1-5-7(3,4)6-2/h1-2H/p+1. The average molecular weight is 131 g/mol. The molecule has 0 bridgehead atoms. The van der Waals surface area contributed by atoms with E-state index in [1.54, 1.807) is 0 Å². The molecule has 7 heteroatoms. The van der Waals surface area contributed by atoms with Crippen molar-refractivity contribution in [2.75, 3.05) is 0 Å². The van der Waals surface area contributed by atoms with E-state index in [0.29, 0.717) is 0 Å². The second-order valence-electron chi connectivity index (χ2n) is 0.566. The fourth-order valence-corrected chi connectivity index (χ4v) is 0.0456. The lowest BCUT2D eigenvalue weighted by Crippen LogP contribution is -2.03. The van der Waals surface area contributed by atoms with Crippen LogP contribution in [0.2, 0.25) is 0 Å². The van der Waals surface area contributed by atoms with Crippen LogP contribution in [-0.4, -0.2) is 18.9 Å². The third kappa shape index (κ3) is 2.48. The molecule has 0 aliphatic carbocycles. The van der Waals surface area contributed by atoms with Crippen LogP contribution in [-0.2, 0) is 19.1 Å². The van der Waals surface area contributed by atoms with Crippen LogP contribution in [0.5, 0.6) is 0 Å². The Morgan fingerprint density at radius 2 is 2.00 bits per heavy atom. The van der Waals surface area contributed by atoms with E-state index in [1.165, 1.54) is 0 Å². The zero-order valence-corrected chi connectivity index (χ0v) is 3.80. The molecule has 0 aliphatic rings. The fraction of sp³-hybridized carbons (Fsp3) is 0. The Bertz CT molecular complexity index is 107. The molecule has 0 aromatic heterocycles. The summed E-state index contributed by atoms with van der Waals surface area (Å²) in [7, 11) is -4.44. The second-order valence-corrected chi connectivity index (χ2v) is 1.70. The molecular formula is H3O6S+. The van der Waals surface area contributed by atoms with E-state index in [4.69, 9.17) is 10.5 Å². The van der Waals surface area contributed by atoms with Crippen LogP contribution in [0.3, 0.4) is 0 Å². The van der Waals surface area contributed by atoms with Gasteiger partial charge >= 0.3 is 10.4 Å². The summed E-state index contributed by atoms with van der Waals surface area (Å²) in [6.45, 7) is 0. The van der Waals surface area contributed by atoms with Gasteiger partial charge in [0.2, 0.25) is 0 Å². The molecule has 44 valence electrons. The lowest BCUT2D eigenvalue weighted by molar-refractivity contribution is -0.198. The van der Waals surface area contributed by atoms with Gasteiger partial charge in [0, 0.05) is 0 Å². The highest BCUT2D eigenvalue weighted by Gasteiger charge is 2.11. The van der Waals surface area contributed by atoms with Crippen LogP contribution in [0.1, 0.15) is 0 Å². The molecule has 0 aromatic carbocycles. The fourth-order valence-electron chi connectivity index (χ4n) is 0.0152. The zero-order valence-electron chi connectivity index (χ0n) is 2.99. The van der Waals surface area contributed by atoms with Crippen molar-refractivity contribution in [3.8, 4) is 0 Å². The quantitative estimate of drug-likeness (QED) is 0.276. The van der Waals surface area contributed by atoms with E-state index in [-0.39, 0.29) is 0 Å². The van der Waals surface area contributed by atoms with Crippen LogP contribution in [0, 0.1) is 0 Å². The molecular weight excluding hydrogens is 128 g/mol. The van der Waals surface area contributed by atoms with Crippen molar-refractivity contribution < 1.29 is 27.6 Å². The maximum Gasteiger partial charge on any atom is 0.490 e. The van der Waals surface area contributed by atoms with Crippen LogP contribution in [0.15, 0.2) is 0 Å². The molecule has 0 spiro atoms. The Kier molecular flexibility index (Phi) is 2.12. The van der Waals surface area contributed by atoms with Gasteiger partial charge < -0.3 is 0 Å². The normalized spacial score (nSPS) is 11.7. The Labute approximate surface area is 39.1 Å². The number of hydrogen-bond acceptors (Lipinski definition) is 5. The molecule has 0 saturated heterocycles. The van der Waals surface area contributed by atoms with E-state index < -0.39 is 10.4 Å². The zero-order chi connectivity index (χ0) is 5.91. The predicted molar refractivity (Wildman–Crippen MR) is 17.3 cm³/mol. The van der Waals surface area contributed by atoms with Gasteiger partial charge in [-0.15, -0.1) is 0 Å². The van der Waals surface area contributed by atoms with E-state index >= 15 is 0 Å². The Balaban J connectivity index is 3.89. The maximum atomic E-state index is 9.49. The van der Waals surface area contributed by atoms with E-state index in [2.05, 4.69) is 8.67 Å². The van der Waals surface area contributed by atoms with E-state index in [9.17, 15) is 8.42 Å². The summed E-state index contributed by atoms with van der Waals surface area (Å²) < 4.78 is 24.5. The second kappa shape index (κ2) is 2.19. The third-order valence-corrected chi connectivity index (χ3v) is 0.580. The highest BCUT2D eigenvalue weighted by atomic mass is 32.3. The molecule has 0 amide bonds. The molecule has 0 heterocycles. The van der Waals surface area contributed by atoms with Gasteiger partial charge in [0.05, 0.1) is 4.33 Å². The summed E-state index contributed by atoms with van der Waals surface area (Å²) in [5, 5.41) is 12.9. The molecule has 0 radical (unpaired) electrons. The van der Waals surface area contributed by atoms with Gasteiger partial charge in [0.25, 0.3) is 0 Å². The molecule has 7 heavy (non-hydrogen) atoms. The van der Waals surface area contributed by atoms with Crippen LogP contribution < -0.4 is 0 Å². The summed E-state index contributed by atoms with van der Waals surface area (Å²) in [6.07, 6.45) is 0. The smallest absolute Gasteiger partial charge is 0.241 e. The monoisotopic (exact) mass is 131 g/mol. The minimum atomic E-state index is -4.44. The minimum Gasteiger partial charge on any atom is -0.241 e. The van der Waals surface area contributed by atoms with Crippen molar-refractivity contribution in [2.24, 2.45) is 0 Å². The molecule has 0 unspecified atom stereocenters. The topological polar surface area (TPSA) is 95.7 Å². The van der Waals surface area contributed by atoms with Gasteiger partial charge in [-0.25, -0.2) is 10.5 Å². The predicted octanol–water partition coefficient (Wildman–Crippen LogP) is -1.62. The first-order chi connectivity index (χ1) is 3.12. The summed E-state index contributed by atoms with van der Waals surface area (Å²) in [5.41, 5.74) is 0. The van der Waals surface area contributed by atoms with Crippen LogP contribution in [0.25, 0.3) is 0 Å². The summed E-state index contributed by atoms with van der Waals surface area (Å²) in [6, 6.07) is 0. The molecule has 0 saturated carbocycles. The number of rotatable bonds is 2. The van der Waals surface area contributed by atoms with Crippen molar-refractivity contribution in [3.05, 3.63) is 0 Å². The minimum absolute atomic E-state index is 2.65. The van der Waals surface area contributed by atoms with Gasteiger partial charge in [-0.05, 0) is 0 Å². The number of hydrogen-bond donors (Lipinski definition) is 1. The van der Waals surface area contributed by atoms with Crippen molar-refractivity contribution in [3.63, 3.8) is 0 Å². The summed E-state index contributed by atoms with van der Waals surface area (Å²) in [5.74, 6) is 0. The van der Waals surface area contributed by atoms with Crippen LogP contribution in [0.4, 0.5) is 0 Å². The molecule has 0 rings (SSSR count). The molecule has 0 aliphatic heterocycles. The molecule has 0 aromatic rings. The first-order valence-electron chi connectivity index (χ1n) is 1.05. The van der Waals surface area contributed by atoms with E-state index in [1.807, 2.05) is 0 Å². The van der Waals surface area contributed by atoms with Crippen molar-refractivity contribution in [1.82, 2.24) is 0 Å². The first kappa shape index (κ1) is 6.79. The first-order valence-corrected chi connectivity index (χ1v) is 2.39. The highest BCUT2D eigenvalue weighted by Crippen LogP contribution is 1.85. The molecule has 3 N–H and O–H groups in total. The van der Waals surface area contributed by atoms with Gasteiger partial charge in [0.1, 0.15) is 0 Å². The summed E-state index contributed by atoms with van der Waals surface area (Å²) in [4.78, 5) is 0. The van der Waals surface area contributed by atoms with Crippen molar-refractivity contribution in [2.45, 2.75) is 0 Å². The van der Waals surface area contributed by atoms with Gasteiger partial charge in [-0.1, -0.05) is 4.33 Å².